The number of benzene rings is 2. The van der Waals surface area contributed by atoms with Crippen LogP contribution in [-0.4, -0.2) is 20.8 Å². The Balaban J connectivity index is 2.17. The van der Waals surface area contributed by atoms with Crippen molar-refractivity contribution in [1.29, 1.82) is 0 Å². The predicted molar refractivity (Wildman–Crippen MR) is 116 cm³/mol. The third-order valence-electron chi connectivity index (χ3n) is 4.98. The third kappa shape index (κ3) is 3.05. The lowest BCUT2D eigenvalue weighted by Crippen LogP contribution is -2.36. The summed E-state index contributed by atoms with van der Waals surface area (Å²) in [6.45, 7) is 0. The van der Waals surface area contributed by atoms with Crippen LogP contribution in [0.5, 0.6) is 5.75 Å². The minimum absolute atomic E-state index is 0.392. The van der Waals surface area contributed by atoms with Gasteiger partial charge in [0, 0.05) is 36.6 Å². The Morgan fingerprint density at radius 1 is 0.931 bits per heavy atom. The largest absolute Gasteiger partial charge is 0.497 e. The molecular formula is C21H17Cl2N3O3. The maximum absolute atomic E-state index is 13.1. The van der Waals surface area contributed by atoms with E-state index < -0.39 is 11.2 Å². The fourth-order valence-electron chi connectivity index (χ4n) is 3.43. The molecule has 0 fully saturated rings. The van der Waals surface area contributed by atoms with E-state index in [9.17, 15) is 9.59 Å². The van der Waals surface area contributed by atoms with Crippen LogP contribution in [-0.2, 0) is 14.1 Å². The van der Waals surface area contributed by atoms with E-state index in [1.807, 2.05) is 28.8 Å². The van der Waals surface area contributed by atoms with Gasteiger partial charge in [-0.15, -0.1) is 0 Å². The second-order valence-electron chi connectivity index (χ2n) is 6.64. The molecule has 0 atom stereocenters. The molecule has 0 saturated heterocycles. The van der Waals surface area contributed by atoms with Crippen LogP contribution in [0.4, 0.5) is 0 Å². The van der Waals surface area contributed by atoms with Gasteiger partial charge in [0.25, 0.3) is 5.56 Å². The average molecular weight is 430 g/mol. The number of fused-ring (bicyclic) bond motifs is 1. The molecule has 0 amide bonds. The molecule has 6 nitrogen and oxygen atoms in total. The van der Waals surface area contributed by atoms with Crippen molar-refractivity contribution in [1.82, 2.24) is 13.7 Å². The topological polar surface area (TPSA) is 58.2 Å². The van der Waals surface area contributed by atoms with Crippen LogP contribution in [0.3, 0.4) is 0 Å². The third-order valence-corrected chi connectivity index (χ3v) is 5.52. The van der Waals surface area contributed by atoms with E-state index in [1.54, 1.807) is 38.6 Å². The fourth-order valence-corrected chi connectivity index (χ4v) is 3.93. The number of rotatable bonds is 3. The fraction of sp³-hybridized carbons (Fsp3) is 0.143. The summed E-state index contributed by atoms with van der Waals surface area (Å²) in [4.78, 5) is 25.5. The summed E-state index contributed by atoms with van der Waals surface area (Å²) < 4.78 is 9.62. The quantitative estimate of drug-likeness (QED) is 0.494. The summed E-state index contributed by atoms with van der Waals surface area (Å²) in [6.07, 6.45) is 1.76. The van der Waals surface area contributed by atoms with Gasteiger partial charge in [-0.1, -0.05) is 23.2 Å². The van der Waals surface area contributed by atoms with Crippen LogP contribution in [0.15, 0.2) is 58.3 Å². The Labute approximate surface area is 176 Å². The van der Waals surface area contributed by atoms with Crippen molar-refractivity contribution in [3.63, 3.8) is 0 Å². The first-order chi connectivity index (χ1) is 13.8. The number of ether oxygens (including phenoxy) is 1. The molecule has 0 aliphatic rings. The monoisotopic (exact) mass is 429 g/mol. The van der Waals surface area contributed by atoms with E-state index in [-0.39, 0.29) is 0 Å². The minimum atomic E-state index is -0.400. The molecule has 4 aromatic rings. The van der Waals surface area contributed by atoms with Gasteiger partial charge in [-0.3, -0.25) is 13.9 Å². The van der Waals surface area contributed by atoms with Crippen molar-refractivity contribution in [2.75, 3.05) is 7.11 Å². The molecule has 0 aliphatic carbocycles. The summed E-state index contributed by atoms with van der Waals surface area (Å²) >= 11 is 12.6. The number of hydrogen-bond donors (Lipinski definition) is 0. The molecule has 0 aliphatic heterocycles. The molecule has 0 bridgehead atoms. The molecule has 0 saturated carbocycles. The molecule has 148 valence electrons. The molecule has 0 unspecified atom stereocenters. The molecule has 0 spiro atoms. The van der Waals surface area contributed by atoms with Crippen LogP contribution in [0.1, 0.15) is 0 Å². The zero-order valence-corrected chi connectivity index (χ0v) is 17.5. The van der Waals surface area contributed by atoms with Gasteiger partial charge in [0.05, 0.1) is 28.7 Å². The zero-order chi connectivity index (χ0) is 20.9. The van der Waals surface area contributed by atoms with Gasteiger partial charge in [-0.2, -0.15) is 0 Å². The molecule has 0 radical (unpaired) electrons. The Kier molecular flexibility index (Phi) is 4.76. The summed E-state index contributed by atoms with van der Waals surface area (Å²) in [5.41, 5.74) is 1.73. The predicted octanol–water partition coefficient (Wildman–Crippen LogP) is 4.01. The van der Waals surface area contributed by atoms with Crippen molar-refractivity contribution in [3.8, 4) is 22.7 Å². The summed E-state index contributed by atoms with van der Waals surface area (Å²) in [5, 5.41) is 1.30. The summed E-state index contributed by atoms with van der Waals surface area (Å²) in [6, 6.07) is 12.5. The van der Waals surface area contributed by atoms with Crippen molar-refractivity contribution in [3.05, 3.63) is 79.5 Å². The molecular weight excluding hydrogens is 413 g/mol. The van der Waals surface area contributed by atoms with E-state index in [2.05, 4.69) is 0 Å². The highest BCUT2D eigenvalue weighted by Crippen LogP contribution is 2.36. The maximum atomic E-state index is 13.1. The van der Waals surface area contributed by atoms with Gasteiger partial charge in [0.1, 0.15) is 5.75 Å². The number of nitrogens with zero attached hydrogens (tertiary/aromatic N) is 3. The highest BCUT2D eigenvalue weighted by Gasteiger charge is 2.21. The molecule has 2 aromatic carbocycles. The average Bonchev–Trinajstić information content (AvgIpc) is 3.11. The Morgan fingerprint density at radius 3 is 2.24 bits per heavy atom. The SMILES string of the molecule is COc1ccc(-n2cc3c(c2-c2ccc(Cl)cc2Cl)c(=O)n(C)c(=O)n3C)cc1. The Bertz CT molecular complexity index is 1370. The van der Waals surface area contributed by atoms with Gasteiger partial charge in [0.2, 0.25) is 0 Å². The highest BCUT2D eigenvalue weighted by atomic mass is 35.5. The van der Waals surface area contributed by atoms with Crippen LogP contribution in [0.2, 0.25) is 10.0 Å². The van der Waals surface area contributed by atoms with E-state index in [0.29, 0.717) is 38.0 Å². The Morgan fingerprint density at radius 2 is 1.62 bits per heavy atom. The standard InChI is InChI=1S/C21H17Cl2N3O3/c1-24-17-11-26(13-5-7-14(29-3)8-6-13)19(15-9-4-12(22)10-16(15)23)18(17)20(27)25(2)21(24)28/h4-11H,1-3H3. The lowest BCUT2D eigenvalue weighted by atomic mass is 10.1. The Hall–Kier alpha value is -2.96. The van der Waals surface area contributed by atoms with Crippen LogP contribution < -0.4 is 16.0 Å². The molecule has 29 heavy (non-hydrogen) atoms. The van der Waals surface area contributed by atoms with Crippen molar-refractivity contribution >= 4 is 34.1 Å². The highest BCUT2D eigenvalue weighted by molar-refractivity contribution is 6.36. The normalized spacial score (nSPS) is 11.2. The van der Waals surface area contributed by atoms with E-state index in [4.69, 9.17) is 27.9 Å². The summed E-state index contributed by atoms with van der Waals surface area (Å²) in [5.74, 6) is 0.708. The molecule has 2 heterocycles. The van der Waals surface area contributed by atoms with E-state index in [0.717, 1.165) is 10.3 Å². The first kappa shape index (κ1) is 19.4. The van der Waals surface area contributed by atoms with Crippen LogP contribution in [0.25, 0.3) is 27.8 Å². The lowest BCUT2D eigenvalue weighted by molar-refractivity contribution is 0.415. The lowest BCUT2D eigenvalue weighted by Gasteiger charge is -2.12. The molecule has 4 rings (SSSR count). The smallest absolute Gasteiger partial charge is 0.330 e. The molecule has 0 N–H and O–H groups in total. The van der Waals surface area contributed by atoms with Crippen LogP contribution in [0, 0.1) is 0 Å². The molecule has 2 aromatic heterocycles. The number of aromatic nitrogens is 3. The van der Waals surface area contributed by atoms with Gasteiger partial charge < -0.3 is 9.30 Å². The number of hydrogen-bond acceptors (Lipinski definition) is 3. The molecule has 8 heteroatoms. The first-order valence-corrected chi connectivity index (χ1v) is 9.50. The van der Waals surface area contributed by atoms with Crippen molar-refractivity contribution < 1.29 is 4.74 Å². The van der Waals surface area contributed by atoms with Gasteiger partial charge >= 0.3 is 5.69 Å². The summed E-state index contributed by atoms with van der Waals surface area (Å²) in [7, 11) is 4.69. The zero-order valence-electron chi connectivity index (χ0n) is 15.9. The van der Waals surface area contributed by atoms with Gasteiger partial charge in [-0.05, 0) is 42.5 Å². The number of halogens is 2. The van der Waals surface area contributed by atoms with Crippen molar-refractivity contribution in [2.24, 2.45) is 14.1 Å². The number of aryl methyl sites for hydroxylation is 1. The van der Waals surface area contributed by atoms with Crippen molar-refractivity contribution in [2.45, 2.75) is 0 Å². The van der Waals surface area contributed by atoms with E-state index in [1.165, 1.54) is 11.6 Å². The number of methoxy groups -OCH3 is 1. The van der Waals surface area contributed by atoms with Crippen LogP contribution >= 0.6 is 23.2 Å². The van der Waals surface area contributed by atoms with Gasteiger partial charge in [0.15, 0.2) is 0 Å². The second-order valence-corrected chi connectivity index (χ2v) is 7.48. The second kappa shape index (κ2) is 7.13. The van der Waals surface area contributed by atoms with Gasteiger partial charge in [-0.25, -0.2) is 4.79 Å². The van der Waals surface area contributed by atoms with E-state index >= 15 is 0 Å². The first-order valence-electron chi connectivity index (χ1n) is 8.74. The maximum Gasteiger partial charge on any atom is 0.330 e. The minimum Gasteiger partial charge on any atom is -0.497 e.